The second-order valence-corrected chi connectivity index (χ2v) is 7.46. The first-order valence-corrected chi connectivity index (χ1v) is 8.92. The normalized spacial score (nSPS) is 24.8. The van der Waals surface area contributed by atoms with Crippen molar-refractivity contribution in [1.82, 2.24) is 4.90 Å². The van der Waals surface area contributed by atoms with E-state index < -0.39 is 0 Å². The van der Waals surface area contributed by atoms with Gasteiger partial charge in [-0.15, -0.1) is 0 Å². The maximum atomic E-state index is 3.56. The monoisotopic (exact) mass is 284 g/mol. The van der Waals surface area contributed by atoms with Gasteiger partial charge in [-0.25, -0.2) is 0 Å². The Morgan fingerprint density at radius 3 is 2.62 bits per heavy atom. The molecule has 0 radical (unpaired) electrons. The topological polar surface area (TPSA) is 15.3 Å². The summed E-state index contributed by atoms with van der Waals surface area (Å²) in [7, 11) is 0. The number of likely N-dealkylation sites (tertiary alicyclic amines) is 1. The Morgan fingerprint density at radius 2 is 1.81 bits per heavy atom. The molecule has 2 fully saturated rings. The highest BCUT2D eigenvalue weighted by atomic mass is 15.1. The molecule has 1 aromatic rings. The van der Waals surface area contributed by atoms with E-state index in [-0.39, 0.29) is 0 Å². The van der Waals surface area contributed by atoms with Crippen molar-refractivity contribution in [3.05, 3.63) is 29.3 Å². The van der Waals surface area contributed by atoms with Crippen molar-refractivity contribution in [2.24, 2.45) is 5.41 Å². The molecule has 2 heterocycles. The summed E-state index contributed by atoms with van der Waals surface area (Å²) in [6.07, 6.45) is 11.4. The fourth-order valence-corrected chi connectivity index (χ4v) is 4.78. The number of anilines is 1. The second kappa shape index (κ2) is 5.64. The van der Waals surface area contributed by atoms with E-state index in [9.17, 15) is 0 Å². The molecule has 2 aliphatic heterocycles. The number of fused-ring (bicyclic) bond motifs is 1. The molecule has 21 heavy (non-hydrogen) atoms. The second-order valence-electron chi connectivity index (χ2n) is 7.46. The Hall–Kier alpha value is -1.02. The third-order valence-electron chi connectivity index (χ3n) is 6.17. The van der Waals surface area contributed by atoms with Crippen molar-refractivity contribution >= 4 is 5.69 Å². The number of rotatable bonds is 2. The minimum Gasteiger partial charge on any atom is -0.385 e. The molecule has 2 heteroatoms. The smallest absolute Gasteiger partial charge is 0.0375 e. The first-order valence-electron chi connectivity index (χ1n) is 8.92. The molecular weight excluding hydrogens is 256 g/mol. The van der Waals surface area contributed by atoms with E-state index in [1.165, 1.54) is 76.7 Å². The minimum atomic E-state index is 0.744. The highest BCUT2D eigenvalue weighted by molar-refractivity contribution is 5.56. The van der Waals surface area contributed by atoms with Crippen LogP contribution >= 0.6 is 0 Å². The van der Waals surface area contributed by atoms with E-state index in [0.717, 1.165) is 12.0 Å². The van der Waals surface area contributed by atoms with Crippen molar-refractivity contribution in [2.45, 2.75) is 57.9 Å². The molecular formula is C19H28N2. The van der Waals surface area contributed by atoms with Crippen LogP contribution in [0.2, 0.25) is 0 Å². The molecule has 0 atom stereocenters. The van der Waals surface area contributed by atoms with Crippen LogP contribution in [0, 0.1) is 5.41 Å². The first-order chi connectivity index (χ1) is 10.3. The van der Waals surface area contributed by atoms with Gasteiger partial charge >= 0.3 is 0 Å². The van der Waals surface area contributed by atoms with Crippen LogP contribution < -0.4 is 5.32 Å². The molecule has 1 spiro atoms. The summed E-state index contributed by atoms with van der Waals surface area (Å²) >= 11 is 0. The summed E-state index contributed by atoms with van der Waals surface area (Å²) in [6.45, 7) is 4.94. The average molecular weight is 284 g/mol. The molecule has 3 aliphatic rings. The quantitative estimate of drug-likeness (QED) is 0.875. The average Bonchev–Trinajstić information content (AvgIpc) is 2.99. The Balaban J connectivity index is 1.43. The molecule has 1 N–H and O–H groups in total. The lowest BCUT2D eigenvalue weighted by Crippen LogP contribution is -2.38. The van der Waals surface area contributed by atoms with Crippen LogP contribution in [-0.2, 0) is 13.0 Å². The summed E-state index contributed by atoms with van der Waals surface area (Å²) in [6, 6.07) is 6.84. The molecule has 0 aromatic heterocycles. The zero-order chi connectivity index (χ0) is 14.1. The fraction of sp³-hybridized carbons (Fsp3) is 0.684. The van der Waals surface area contributed by atoms with E-state index >= 15 is 0 Å². The Kier molecular flexibility index (Phi) is 3.66. The molecule has 0 bridgehead atoms. The van der Waals surface area contributed by atoms with E-state index in [4.69, 9.17) is 0 Å². The van der Waals surface area contributed by atoms with Gasteiger partial charge in [0.1, 0.15) is 0 Å². The molecule has 1 aromatic carbocycles. The van der Waals surface area contributed by atoms with Crippen molar-refractivity contribution in [1.29, 1.82) is 0 Å². The number of piperidine rings is 1. The van der Waals surface area contributed by atoms with Crippen LogP contribution in [0.3, 0.4) is 0 Å². The van der Waals surface area contributed by atoms with Crippen LogP contribution in [0.25, 0.3) is 0 Å². The predicted octanol–water partition coefficient (Wildman–Crippen LogP) is 4.20. The molecule has 0 amide bonds. The van der Waals surface area contributed by atoms with Gasteiger partial charge in [-0.1, -0.05) is 25.0 Å². The first kappa shape index (κ1) is 13.6. The molecule has 4 rings (SSSR count). The lowest BCUT2D eigenvalue weighted by atomic mass is 9.77. The van der Waals surface area contributed by atoms with Crippen molar-refractivity contribution < 1.29 is 0 Å². The van der Waals surface area contributed by atoms with Gasteiger partial charge in [-0.05, 0) is 74.2 Å². The van der Waals surface area contributed by atoms with Gasteiger partial charge < -0.3 is 5.32 Å². The van der Waals surface area contributed by atoms with Crippen LogP contribution in [0.4, 0.5) is 5.69 Å². The zero-order valence-electron chi connectivity index (χ0n) is 13.2. The standard InChI is InChI=1S/C19H28N2/c1-2-9-19(8-1)10-13-21(14-11-19)15-16-5-3-7-18-17(16)6-4-12-20-18/h3,5,7,20H,1-2,4,6,8-15H2. The van der Waals surface area contributed by atoms with Crippen molar-refractivity contribution in [3.8, 4) is 0 Å². The highest BCUT2D eigenvalue weighted by Crippen LogP contribution is 2.46. The lowest BCUT2D eigenvalue weighted by molar-refractivity contribution is 0.103. The maximum Gasteiger partial charge on any atom is 0.0375 e. The molecule has 0 unspecified atom stereocenters. The zero-order valence-corrected chi connectivity index (χ0v) is 13.2. The van der Waals surface area contributed by atoms with Gasteiger partial charge in [0.25, 0.3) is 0 Å². The predicted molar refractivity (Wildman–Crippen MR) is 88.7 cm³/mol. The van der Waals surface area contributed by atoms with Gasteiger partial charge in [0.2, 0.25) is 0 Å². The van der Waals surface area contributed by atoms with E-state index in [2.05, 4.69) is 28.4 Å². The fourth-order valence-electron chi connectivity index (χ4n) is 4.78. The van der Waals surface area contributed by atoms with Crippen molar-refractivity contribution in [3.63, 3.8) is 0 Å². The summed E-state index contributed by atoms with van der Waals surface area (Å²) < 4.78 is 0. The van der Waals surface area contributed by atoms with Gasteiger partial charge in [-0.2, -0.15) is 0 Å². The SMILES string of the molecule is c1cc(CN2CCC3(CCCC3)CC2)c2c(c1)NCCC2. The number of hydrogen-bond acceptors (Lipinski definition) is 2. The van der Waals surface area contributed by atoms with E-state index in [0.29, 0.717) is 0 Å². The largest absolute Gasteiger partial charge is 0.385 e. The molecule has 1 saturated heterocycles. The number of hydrogen-bond donors (Lipinski definition) is 1. The van der Waals surface area contributed by atoms with Gasteiger partial charge in [0, 0.05) is 18.8 Å². The van der Waals surface area contributed by atoms with Gasteiger partial charge in [0.15, 0.2) is 0 Å². The summed E-state index contributed by atoms with van der Waals surface area (Å²) in [4.78, 5) is 2.70. The van der Waals surface area contributed by atoms with Gasteiger partial charge in [-0.3, -0.25) is 4.90 Å². The van der Waals surface area contributed by atoms with E-state index in [1.807, 2.05) is 0 Å². The molecule has 1 aliphatic carbocycles. The summed E-state index contributed by atoms with van der Waals surface area (Å²) in [5, 5.41) is 3.56. The Labute approximate surface area is 128 Å². The molecule has 114 valence electrons. The number of nitrogens with zero attached hydrogens (tertiary/aromatic N) is 1. The third-order valence-corrected chi connectivity index (χ3v) is 6.17. The van der Waals surface area contributed by atoms with Crippen LogP contribution in [-0.4, -0.2) is 24.5 Å². The molecule has 1 saturated carbocycles. The van der Waals surface area contributed by atoms with Crippen molar-refractivity contribution in [2.75, 3.05) is 25.0 Å². The number of benzene rings is 1. The van der Waals surface area contributed by atoms with Crippen LogP contribution in [0.1, 0.15) is 56.1 Å². The summed E-state index contributed by atoms with van der Waals surface area (Å²) in [5.74, 6) is 0. The summed E-state index contributed by atoms with van der Waals surface area (Å²) in [5.41, 5.74) is 5.30. The third kappa shape index (κ3) is 2.70. The highest BCUT2D eigenvalue weighted by Gasteiger charge is 2.36. The Bertz CT molecular complexity index is 492. The lowest BCUT2D eigenvalue weighted by Gasteiger charge is -2.39. The van der Waals surface area contributed by atoms with Crippen LogP contribution in [0.15, 0.2) is 18.2 Å². The minimum absolute atomic E-state index is 0.744. The maximum absolute atomic E-state index is 3.56. The van der Waals surface area contributed by atoms with Crippen LogP contribution in [0.5, 0.6) is 0 Å². The van der Waals surface area contributed by atoms with Gasteiger partial charge in [0.05, 0.1) is 0 Å². The van der Waals surface area contributed by atoms with E-state index in [1.54, 1.807) is 11.1 Å². The Morgan fingerprint density at radius 1 is 1.00 bits per heavy atom. The number of nitrogens with one attached hydrogen (secondary N) is 1. The molecule has 2 nitrogen and oxygen atoms in total.